The summed E-state index contributed by atoms with van der Waals surface area (Å²) in [7, 11) is 0. The predicted octanol–water partition coefficient (Wildman–Crippen LogP) is 2.48. The number of pyridine rings is 1. The van der Waals surface area contributed by atoms with Crippen molar-refractivity contribution in [1.82, 2.24) is 4.98 Å². The number of carbonyl (C=O) groups is 1. The summed E-state index contributed by atoms with van der Waals surface area (Å²) in [6, 6.07) is 7.51. The van der Waals surface area contributed by atoms with Crippen LogP contribution in [0.2, 0.25) is 5.15 Å². The fourth-order valence-corrected chi connectivity index (χ4v) is 1.65. The fourth-order valence-electron chi connectivity index (χ4n) is 1.46. The van der Waals surface area contributed by atoms with Crippen molar-refractivity contribution >= 4 is 34.6 Å². The van der Waals surface area contributed by atoms with Gasteiger partial charge in [-0.2, -0.15) is 0 Å². The van der Waals surface area contributed by atoms with E-state index in [0.717, 1.165) is 12.3 Å². The van der Waals surface area contributed by atoms with Gasteiger partial charge in [-0.15, -0.1) is 0 Å². The molecule has 0 radical (unpaired) electrons. The summed E-state index contributed by atoms with van der Waals surface area (Å²) < 4.78 is 0. The maximum Gasteiger partial charge on any atom is 0.288 e. The van der Waals surface area contributed by atoms with Crippen LogP contribution < -0.4 is 11.1 Å². The van der Waals surface area contributed by atoms with Gasteiger partial charge in [-0.25, -0.2) is 4.98 Å². The summed E-state index contributed by atoms with van der Waals surface area (Å²) in [5, 5.41) is 13.1. The minimum absolute atomic E-state index is 0.0716. The number of carbonyl (C=O) groups excluding carboxylic acids is 1. The maximum absolute atomic E-state index is 12.0. The van der Waals surface area contributed by atoms with Gasteiger partial charge in [0, 0.05) is 17.4 Å². The molecule has 1 aromatic carbocycles. The fraction of sp³-hybridized carbons (Fsp3) is 0. The normalized spacial score (nSPS) is 10.1. The first-order valence-corrected chi connectivity index (χ1v) is 5.82. The van der Waals surface area contributed by atoms with E-state index in [1.165, 1.54) is 0 Å². The Morgan fingerprint density at radius 1 is 1.35 bits per heavy atom. The third-order valence-electron chi connectivity index (χ3n) is 2.45. The van der Waals surface area contributed by atoms with Crippen molar-refractivity contribution in [1.29, 1.82) is 0 Å². The molecule has 2 rings (SSSR count). The number of hydrogen-bond acceptors (Lipinski definition) is 5. The van der Waals surface area contributed by atoms with E-state index in [9.17, 15) is 14.9 Å². The molecule has 20 heavy (non-hydrogen) atoms. The molecule has 2 aromatic rings. The van der Waals surface area contributed by atoms with Gasteiger partial charge in [0.2, 0.25) is 0 Å². The third-order valence-corrected chi connectivity index (χ3v) is 2.75. The van der Waals surface area contributed by atoms with E-state index in [0.29, 0.717) is 11.4 Å². The number of amides is 1. The highest BCUT2D eigenvalue weighted by Crippen LogP contribution is 2.20. The lowest BCUT2D eigenvalue weighted by Crippen LogP contribution is -2.13. The molecule has 0 fully saturated rings. The minimum atomic E-state index is -0.649. The second-order valence-electron chi connectivity index (χ2n) is 3.87. The summed E-state index contributed by atoms with van der Waals surface area (Å²) in [5.74, 6) is -0.587. The number of hydrogen-bond donors (Lipinski definition) is 2. The smallest absolute Gasteiger partial charge is 0.288 e. The Morgan fingerprint density at radius 3 is 2.60 bits per heavy atom. The lowest BCUT2D eigenvalue weighted by Gasteiger charge is -2.06. The van der Waals surface area contributed by atoms with Crippen LogP contribution >= 0.6 is 11.6 Å². The zero-order valence-corrected chi connectivity index (χ0v) is 10.8. The standard InChI is InChI=1S/C12H9ClN4O3/c13-11-10(5-9(6-15-11)17(19)20)12(18)16-8-3-1-7(14)2-4-8/h1-6H,14H2,(H,16,18). The van der Waals surface area contributed by atoms with Crippen molar-refractivity contribution in [2.45, 2.75) is 0 Å². The van der Waals surface area contributed by atoms with E-state index in [2.05, 4.69) is 10.3 Å². The SMILES string of the molecule is Nc1ccc(NC(=O)c2cc([N+](=O)[O-])cnc2Cl)cc1. The summed E-state index contributed by atoms with van der Waals surface area (Å²) in [4.78, 5) is 25.6. The number of benzene rings is 1. The predicted molar refractivity (Wildman–Crippen MR) is 74.7 cm³/mol. The second kappa shape index (κ2) is 5.54. The molecule has 1 heterocycles. The molecule has 1 amide bonds. The Kier molecular flexibility index (Phi) is 3.81. The Balaban J connectivity index is 2.26. The molecule has 3 N–H and O–H groups in total. The molecule has 0 saturated heterocycles. The molecule has 0 aliphatic heterocycles. The lowest BCUT2D eigenvalue weighted by atomic mass is 10.2. The number of anilines is 2. The van der Waals surface area contributed by atoms with Crippen LogP contribution in [0.1, 0.15) is 10.4 Å². The molecule has 0 aliphatic carbocycles. The maximum atomic E-state index is 12.0. The summed E-state index contributed by atoms with van der Waals surface area (Å²) in [6.45, 7) is 0. The molecule has 0 saturated carbocycles. The molecule has 0 aliphatic rings. The third kappa shape index (κ3) is 3.01. The van der Waals surface area contributed by atoms with Gasteiger partial charge < -0.3 is 11.1 Å². The summed E-state index contributed by atoms with van der Waals surface area (Å²) >= 11 is 5.77. The highest BCUT2D eigenvalue weighted by molar-refractivity contribution is 6.33. The van der Waals surface area contributed by atoms with Gasteiger partial charge in [0.05, 0.1) is 10.5 Å². The summed E-state index contributed by atoms with van der Waals surface area (Å²) in [5.41, 5.74) is 6.19. The molecule has 8 heteroatoms. The van der Waals surface area contributed by atoms with Crippen LogP contribution in [-0.4, -0.2) is 15.8 Å². The zero-order valence-electron chi connectivity index (χ0n) is 10.0. The van der Waals surface area contributed by atoms with E-state index in [1.54, 1.807) is 24.3 Å². The molecule has 102 valence electrons. The average molecular weight is 293 g/mol. The number of halogens is 1. The number of nitrogen functional groups attached to an aromatic ring is 1. The number of nitrogens with zero attached hydrogens (tertiary/aromatic N) is 2. The van der Waals surface area contributed by atoms with E-state index < -0.39 is 10.8 Å². The molecule has 0 spiro atoms. The molecular weight excluding hydrogens is 284 g/mol. The first kappa shape index (κ1) is 13.8. The quantitative estimate of drug-likeness (QED) is 0.391. The Bertz CT molecular complexity index is 673. The van der Waals surface area contributed by atoms with Gasteiger partial charge in [-0.1, -0.05) is 11.6 Å². The highest BCUT2D eigenvalue weighted by Gasteiger charge is 2.17. The van der Waals surface area contributed by atoms with Crippen LogP contribution in [0.5, 0.6) is 0 Å². The van der Waals surface area contributed by atoms with Crippen LogP contribution in [0.4, 0.5) is 17.1 Å². The minimum Gasteiger partial charge on any atom is -0.399 e. The van der Waals surface area contributed by atoms with Crippen molar-refractivity contribution < 1.29 is 9.72 Å². The monoisotopic (exact) mass is 292 g/mol. The van der Waals surface area contributed by atoms with Gasteiger partial charge in [0.1, 0.15) is 11.3 Å². The van der Waals surface area contributed by atoms with Crippen molar-refractivity contribution in [2.75, 3.05) is 11.1 Å². The van der Waals surface area contributed by atoms with E-state index in [1.807, 2.05) is 0 Å². The van der Waals surface area contributed by atoms with Crippen molar-refractivity contribution in [3.63, 3.8) is 0 Å². The Labute approximate surface area is 118 Å². The average Bonchev–Trinajstić information content (AvgIpc) is 2.41. The first-order valence-electron chi connectivity index (χ1n) is 5.44. The Morgan fingerprint density at radius 2 is 2.00 bits per heavy atom. The van der Waals surface area contributed by atoms with Gasteiger partial charge in [-0.3, -0.25) is 14.9 Å². The van der Waals surface area contributed by atoms with E-state index in [4.69, 9.17) is 17.3 Å². The van der Waals surface area contributed by atoms with Crippen LogP contribution in [0.25, 0.3) is 0 Å². The Hall–Kier alpha value is -2.67. The number of aromatic nitrogens is 1. The molecular formula is C12H9ClN4O3. The van der Waals surface area contributed by atoms with Gasteiger partial charge >= 0.3 is 0 Å². The largest absolute Gasteiger partial charge is 0.399 e. The van der Waals surface area contributed by atoms with Gasteiger partial charge in [0.25, 0.3) is 11.6 Å². The van der Waals surface area contributed by atoms with Crippen molar-refractivity contribution in [3.05, 3.63) is 57.4 Å². The lowest BCUT2D eigenvalue weighted by molar-refractivity contribution is -0.385. The number of nitrogens with one attached hydrogen (secondary N) is 1. The van der Waals surface area contributed by atoms with Crippen LogP contribution in [0, 0.1) is 10.1 Å². The van der Waals surface area contributed by atoms with Gasteiger partial charge in [-0.05, 0) is 24.3 Å². The molecule has 0 bridgehead atoms. The zero-order chi connectivity index (χ0) is 14.7. The van der Waals surface area contributed by atoms with Gasteiger partial charge in [0.15, 0.2) is 0 Å². The summed E-state index contributed by atoms with van der Waals surface area (Å²) in [6.07, 6.45) is 0.988. The second-order valence-corrected chi connectivity index (χ2v) is 4.22. The number of rotatable bonds is 3. The highest BCUT2D eigenvalue weighted by atomic mass is 35.5. The van der Waals surface area contributed by atoms with Crippen LogP contribution in [0.3, 0.4) is 0 Å². The number of nitro groups is 1. The molecule has 0 unspecified atom stereocenters. The topological polar surface area (TPSA) is 111 Å². The van der Waals surface area contributed by atoms with Crippen LogP contribution in [0.15, 0.2) is 36.5 Å². The van der Waals surface area contributed by atoms with E-state index >= 15 is 0 Å². The molecule has 1 aromatic heterocycles. The number of nitrogens with two attached hydrogens (primary N) is 1. The van der Waals surface area contributed by atoms with Crippen LogP contribution in [-0.2, 0) is 0 Å². The molecule has 7 nitrogen and oxygen atoms in total. The van der Waals surface area contributed by atoms with Crippen molar-refractivity contribution in [2.24, 2.45) is 0 Å². The molecule has 0 atom stereocenters. The van der Waals surface area contributed by atoms with E-state index in [-0.39, 0.29) is 16.4 Å². The first-order chi connectivity index (χ1) is 9.47. The van der Waals surface area contributed by atoms with Crippen molar-refractivity contribution in [3.8, 4) is 0 Å².